The average Bonchev–Trinajstić information content (AvgIpc) is 2.84. The first-order chi connectivity index (χ1) is 18.2. The number of aliphatic hydroxyl groups excluding tert-OH is 1. The Bertz CT molecular complexity index is 1040. The lowest BCUT2D eigenvalue weighted by molar-refractivity contribution is -0.148. The molecule has 0 aromatic heterocycles. The van der Waals surface area contributed by atoms with Crippen molar-refractivity contribution >= 4 is 35.6 Å². The number of carbonyl (C=O) groups excluding carboxylic acids is 3. The normalized spacial score (nSPS) is 14.5. The molecule has 1 rings (SSSR count). The van der Waals surface area contributed by atoms with Crippen molar-refractivity contribution in [3.63, 3.8) is 0 Å². The molecule has 0 heterocycles. The zero-order chi connectivity index (χ0) is 29.7. The first kappa shape index (κ1) is 32.6. The van der Waals surface area contributed by atoms with Gasteiger partial charge in [0.25, 0.3) is 0 Å². The topological polar surface area (TPSA) is 293 Å². The number of carboxylic acids is 2. The molecule has 39 heavy (non-hydrogen) atoms. The highest BCUT2D eigenvalue weighted by atomic mass is 16.4. The van der Waals surface area contributed by atoms with Crippen molar-refractivity contribution in [2.45, 2.75) is 62.9 Å². The van der Waals surface area contributed by atoms with E-state index in [0.717, 1.165) is 6.92 Å². The zero-order valence-electron chi connectivity index (χ0n) is 21.2. The zero-order valence-corrected chi connectivity index (χ0v) is 21.2. The number of aliphatic carboxylic acids is 2. The molecule has 0 spiro atoms. The van der Waals surface area contributed by atoms with Crippen LogP contribution in [-0.2, 0) is 30.4 Å². The number of rotatable bonds is 16. The molecule has 5 atom stereocenters. The standard InChI is InChI=1S/C23H35N7O9/c1-11(31)18(21(37)29-16(22(38)39)10-17(33)34)30-20(36)15(9-12-4-6-13(32)7-5-12)28-19(35)14(24)3-2-8-27-23(25)26/h4-7,11,14-16,18,31-32H,2-3,8-10,24H2,1H3,(H,28,35)(H,29,37)(H,30,36)(H,33,34)(H,38,39)(H4,25,26,27)/t11-,14+,15+,16+,18+/m1/s1. The molecule has 1 aromatic rings. The Morgan fingerprint density at radius 1 is 0.923 bits per heavy atom. The van der Waals surface area contributed by atoms with Gasteiger partial charge in [-0.2, -0.15) is 0 Å². The molecule has 0 saturated carbocycles. The summed E-state index contributed by atoms with van der Waals surface area (Å²) in [5.41, 5.74) is 16.9. The van der Waals surface area contributed by atoms with Crippen molar-refractivity contribution in [1.82, 2.24) is 16.0 Å². The maximum absolute atomic E-state index is 13.2. The predicted molar refractivity (Wildman–Crippen MR) is 137 cm³/mol. The van der Waals surface area contributed by atoms with Crippen LogP contribution in [0.15, 0.2) is 29.3 Å². The Labute approximate surface area is 223 Å². The van der Waals surface area contributed by atoms with Crippen molar-refractivity contribution in [2.24, 2.45) is 22.2 Å². The summed E-state index contributed by atoms with van der Waals surface area (Å²) in [6.45, 7) is 1.38. The summed E-state index contributed by atoms with van der Waals surface area (Å²) >= 11 is 0. The van der Waals surface area contributed by atoms with E-state index in [0.29, 0.717) is 12.0 Å². The summed E-state index contributed by atoms with van der Waals surface area (Å²) in [6.07, 6.45) is -2.04. The number of hydrogen-bond acceptors (Lipinski definition) is 9. The van der Waals surface area contributed by atoms with Gasteiger partial charge in [0.2, 0.25) is 17.7 Å². The van der Waals surface area contributed by atoms with Gasteiger partial charge in [-0.3, -0.25) is 24.2 Å². The highest BCUT2D eigenvalue weighted by Crippen LogP contribution is 2.12. The van der Waals surface area contributed by atoms with E-state index in [1.165, 1.54) is 24.3 Å². The van der Waals surface area contributed by atoms with E-state index in [-0.39, 0.29) is 31.1 Å². The molecule has 0 aliphatic rings. The first-order valence-corrected chi connectivity index (χ1v) is 11.8. The van der Waals surface area contributed by atoms with Crippen LogP contribution in [0.2, 0.25) is 0 Å². The van der Waals surface area contributed by atoms with Crippen LogP contribution < -0.4 is 33.2 Å². The van der Waals surface area contributed by atoms with Gasteiger partial charge in [-0.25, -0.2) is 4.79 Å². The van der Waals surface area contributed by atoms with E-state index >= 15 is 0 Å². The minimum absolute atomic E-state index is 0.0354. The SMILES string of the molecule is C[C@@H](O)[C@H](NC(=O)[C@H](Cc1ccc(O)cc1)NC(=O)[C@@H](N)CCCN=C(N)N)C(=O)N[C@@H](CC(=O)O)C(=O)O. The first-order valence-electron chi connectivity index (χ1n) is 11.8. The lowest BCUT2D eigenvalue weighted by Gasteiger charge is -2.26. The molecule has 216 valence electrons. The lowest BCUT2D eigenvalue weighted by Crippen LogP contribution is -2.60. The van der Waals surface area contributed by atoms with Crippen LogP contribution in [0.4, 0.5) is 0 Å². The molecule has 0 fully saturated rings. The van der Waals surface area contributed by atoms with Gasteiger partial charge in [0, 0.05) is 13.0 Å². The molecule has 3 amide bonds. The third-order valence-corrected chi connectivity index (χ3v) is 5.37. The Hall–Kier alpha value is -4.44. The minimum Gasteiger partial charge on any atom is -0.508 e. The number of guanidine groups is 1. The molecule has 16 heteroatoms. The van der Waals surface area contributed by atoms with Gasteiger partial charge in [0.05, 0.1) is 18.6 Å². The monoisotopic (exact) mass is 553 g/mol. The number of carbonyl (C=O) groups is 5. The number of phenolic OH excluding ortho intramolecular Hbond substituents is 1. The van der Waals surface area contributed by atoms with Gasteiger partial charge in [-0.15, -0.1) is 0 Å². The number of nitrogens with two attached hydrogens (primary N) is 3. The number of phenols is 1. The van der Waals surface area contributed by atoms with Crippen molar-refractivity contribution in [3.05, 3.63) is 29.8 Å². The molecule has 0 radical (unpaired) electrons. The van der Waals surface area contributed by atoms with Gasteiger partial charge >= 0.3 is 11.9 Å². The number of carboxylic acid groups (broad SMARTS) is 2. The van der Waals surface area contributed by atoms with Crippen LogP contribution in [0, 0.1) is 0 Å². The van der Waals surface area contributed by atoms with Crippen LogP contribution >= 0.6 is 0 Å². The second-order valence-corrected chi connectivity index (χ2v) is 8.71. The average molecular weight is 554 g/mol. The number of aliphatic hydroxyl groups is 1. The maximum atomic E-state index is 13.2. The number of aliphatic imine (C=N–C) groups is 1. The van der Waals surface area contributed by atoms with E-state index in [1.807, 2.05) is 5.32 Å². The molecular weight excluding hydrogens is 518 g/mol. The fourth-order valence-electron chi connectivity index (χ4n) is 3.30. The molecule has 1 aromatic carbocycles. The molecule has 16 nitrogen and oxygen atoms in total. The number of nitrogens with zero attached hydrogens (tertiary/aromatic N) is 1. The van der Waals surface area contributed by atoms with Crippen LogP contribution in [0.5, 0.6) is 5.75 Å². The lowest BCUT2D eigenvalue weighted by atomic mass is 10.0. The summed E-state index contributed by atoms with van der Waals surface area (Å²) in [7, 11) is 0. The molecule has 13 N–H and O–H groups in total. The fraction of sp³-hybridized carbons (Fsp3) is 0.478. The minimum atomic E-state index is -1.82. The third-order valence-electron chi connectivity index (χ3n) is 5.37. The third kappa shape index (κ3) is 12.1. The molecule has 0 aliphatic carbocycles. The van der Waals surface area contributed by atoms with E-state index < -0.39 is 66.4 Å². The second kappa shape index (κ2) is 15.7. The van der Waals surface area contributed by atoms with Crippen molar-refractivity contribution in [2.75, 3.05) is 6.54 Å². The number of amides is 3. The summed E-state index contributed by atoms with van der Waals surface area (Å²) in [5.74, 6) is -6.06. The number of aromatic hydroxyl groups is 1. The van der Waals surface area contributed by atoms with Gasteiger partial charge in [0.1, 0.15) is 23.9 Å². The predicted octanol–water partition coefficient (Wildman–Crippen LogP) is -3.29. The highest BCUT2D eigenvalue weighted by molar-refractivity contribution is 5.95. The van der Waals surface area contributed by atoms with E-state index in [9.17, 15) is 39.3 Å². The Balaban J connectivity index is 3.06. The Morgan fingerprint density at radius 2 is 1.51 bits per heavy atom. The van der Waals surface area contributed by atoms with Crippen LogP contribution in [0.1, 0.15) is 31.7 Å². The second-order valence-electron chi connectivity index (χ2n) is 8.71. The largest absolute Gasteiger partial charge is 0.508 e. The Kier molecular flexibility index (Phi) is 13.1. The van der Waals surface area contributed by atoms with Crippen LogP contribution in [0.25, 0.3) is 0 Å². The van der Waals surface area contributed by atoms with Gasteiger partial charge in [-0.1, -0.05) is 12.1 Å². The molecule has 0 aliphatic heterocycles. The summed E-state index contributed by atoms with van der Waals surface area (Å²) < 4.78 is 0. The van der Waals surface area contributed by atoms with E-state index in [2.05, 4.69) is 15.6 Å². The number of nitrogens with one attached hydrogen (secondary N) is 3. The van der Waals surface area contributed by atoms with Crippen LogP contribution in [-0.4, -0.2) is 92.9 Å². The van der Waals surface area contributed by atoms with E-state index in [4.69, 9.17) is 22.3 Å². The van der Waals surface area contributed by atoms with Crippen LogP contribution in [0.3, 0.4) is 0 Å². The smallest absolute Gasteiger partial charge is 0.326 e. The quantitative estimate of drug-likeness (QED) is 0.0547. The van der Waals surface area contributed by atoms with Gasteiger partial charge in [-0.05, 0) is 37.5 Å². The molecule has 0 unspecified atom stereocenters. The van der Waals surface area contributed by atoms with E-state index in [1.54, 1.807) is 0 Å². The van der Waals surface area contributed by atoms with Crippen molar-refractivity contribution in [3.8, 4) is 5.75 Å². The Morgan fingerprint density at radius 3 is 2.03 bits per heavy atom. The van der Waals surface area contributed by atoms with Gasteiger partial charge < -0.3 is 53.6 Å². The molecule has 0 saturated heterocycles. The van der Waals surface area contributed by atoms with Crippen molar-refractivity contribution < 1.29 is 44.4 Å². The molecule has 0 bridgehead atoms. The molecular formula is C23H35N7O9. The van der Waals surface area contributed by atoms with Crippen molar-refractivity contribution in [1.29, 1.82) is 0 Å². The summed E-state index contributed by atoms with van der Waals surface area (Å²) in [4.78, 5) is 64.5. The summed E-state index contributed by atoms with van der Waals surface area (Å²) in [5, 5.41) is 44.4. The fourth-order valence-corrected chi connectivity index (χ4v) is 3.30. The number of benzene rings is 1. The maximum Gasteiger partial charge on any atom is 0.326 e. The van der Waals surface area contributed by atoms with Gasteiger partial charge in [0.15, 0.2) is 5.96 Å². The highest BCUT2D eigenvalue weighted by Gasteiger charge is 2.33. The summed E-state index contributed by atoms with van der Waals surface area (Å²) in [6, 6.07) is -0.146. The number of hydrogen-bond donors (Lipinski definition) is 10.